The van der Waals surface area contributed by atoms with Crippen molar-refractivity contribution in [3.63, 3.8) is 0 Å². The number of aromatic nitrogens is 1. The van der Waals surface area contributed by atoms with Gasteiger partial charge in [-0.1, -0.05) is 19.3 Å². The van der Waals surface area contributed by atoms with Crippen LogP contribution in [0.2, 0.25) is 0 Å². The molecule has 116 valence electrons. The van der Waals surface area contributed by atoms with Crippen molar-refractivity contribution in [3.8, 4) is 0 Å². The summed E-state index contributed by atoms with van der Waals surface area (Å²) in [5.41, 5.74) is 7.61. The number of carbonyl (C=O) groups excluding carboxylic acids is 1. The highest BCUT2D eigenvalue weighted by atomic mass is 16.1. The Bertz CT molecular complexity index is 469. The van der Waals surface area contributed by atoms with Crippen molar-refractivity contribution < 1.29 is 4.79 Å². The third kappa shape index (κ3) is 4.92. The molecule has 1 aromatic heterocycles. The lowest BCUT2D eigenvalue weighted by molar-refractivity contribution is -0.125. The van der Waals surface area contributed by atoms with Gasteiger partial charge in [-0.15, -0.1) is 0 Å². The minimum Gasteiger partial charge on any atom is -0.396 e. The van der Waals surface area contributed by atoms with Crippen molar-refractivity contribution in [2.75, 3.05) is 24.1 Å². The molecule has 0 spiro atoms. The summed E-state index contributed by atoms with van der Waals surface area (Å²) < 4.78 is 0. The first-order valence-corrected chi connectivity index (χ1v) is 7.90. The Morgan fingerprint density at radius 3 is 2.81 bits per heavy atom. The zero-order valence-corrected chi connectivity index (χ0v) is 12.8. The van der Waals surface area contributed by atoms with Gasteiger partial charge in [0.15, 0.2) is 0 Å². The normalized spacial score (nSPS) is 15.7. The average molecular weight is 290 g/mol. The third-order valence-corrected chi connectivity index (χ3v) is 3.98. The van der Waals surface area contributed by atoms with Gasteiger partial charge in [-0.05, 0) is 37.8 Å². The first kappa shape index (κ1) is 15.6. The molecule has 0 unspecified atom stereocenters. The van der Waals surface area contributed by atoms with E-state index in [0.29, 0.717) is 12.2 Å². The van der Waals surface area contributed by atoms with E-state index in [1.165, 1.54) is 19.3 Å². The lowest BCUT2D eigenvalue weighted by atomic mass is 9.89. The Balaban J connectivity index is 1.62. The summed E-state index contributed by atoms with van der Waals surface area (Å²) in [5.74, 6) is 1.18. The van der Waals surface area contributed by atoms with Crippen LogP contribution in [0.15, 0.2) is 12.3 Å². The smallest absolute Gasteiger partial charge is 0.223 e. The van der Waals surface area contributed by atoms with E-state index >= 15 is 0 Å². The zero-order chi connectivity index (χ0) is 15.1. The van der Waals surface area contributed by atoms with E-state index in [9.17, 15) is 4.79 Å². The monoisotopic (exact) mass is 290 g/mol. The van der Waals surface area contributed by atoms with Crippen LogP contribution in [0.25, 0.3) is 0 Å². The van der Waals surface area contributed by atoms with E-state index < -0.39 is 0 Å². The molecule has 1 aromatic rings. The number of nitrogen functional groups attached to an aromatic ring is 1. The molecular weight excluding hydrogens is 264 g/mol. The van der Waals surface area contributed by atoms with E-state index in [-0.39, 0.29) is 11.8 Å². The molecule has 1 saturated carbocycles. The molecule has 0 atom stereocenters. The number of aryl methyl sites for hydroxylation is 1. The van der Waals surface area contributed by atoms with Crippen molar-refractivity contribution in [2.45, 2.75) is 45.4 Å². The van der Waals surface area contributed by atoms with E-state index in [2.05, 4.69) is 15.6 Å². The zero-order valence-electron chi connectivity index (χ0n) is 12.8. The second kappa shape index (κ2) is 7.86. The van der Waals surface area contributed by atoms with Gasteiger partial charge in [-0.3, -0.25) is 4.79 Å². The molecule has 5 heteroatoms. The van der Waals surface area contributed by atoms with Gasteiger partial charge in [-0.2, -0.15) is 0 Å². The molecule has 1 aliphatic carbocycles. The molecule has 2 rings (SSSR count). The SMILES string of the molecule is Cc1cnc(NCCCNC(=O)C2CCCCC2)c(N)c1. The third-order valence-electron chi connectivity index (χ3n) is 3.98. The minimum absolute atomic E-state index is 0.225. The number of hydrogen-bond acceptors (Lipinski definition) is 4. The van der Waals surface area contributed by atoms with Crippen LogP contribution in [0.5, 0.6) is 0 Å². The van der Waals surface area contributed by atoms with Gasteiger partial charge in [0.2, 0.25) is 5.91 Å². The predicted molar refractivity (Wildman–Crippen MR) is 86.1 cm³/mol. The molecule has 0 aliphatic heterocycles. The van der Waals surface area contributed by atoms with Crippen LogP contribution in [0, 0.1) is 12.8 Å². The Hall–Kier alpha value is -1.78. The van der Waals surface area contributed by atoms with Crippen molar-refractivity contribution >= 4 is 17.4 Å². The molecule has 0 radical (unpaired) electrons. The van der Waals surface area contributed by atoms with Crippen LogP contribution in [-0.2, 0) is 4.79 Å². The molecule has 0 aromatic carbocycles. The highest BCUT2D eigenvalue weighted by Gasteiger charge is 2.20. The van der Waals surface area contributed by atoms with Crippen molar-refractivity contribution in [2.24, 2.45) is 5.92 Å². The van der Waals surface area contributed by atoms with Crippen LogP contribution in [-0.4, -0.2) is 24.0 Å². The number of pyridine rings is 1. The number of hydrogen-bond donors (Lipinski definition) is 3. The summed E-state index contributed by atoms with van der Waals surface area (Å²) in [5, 5.41) is 6.24. The van der Waals surface area contributed by atoms with Crippen molar-refractivity contribution in [1.29, 1.82) is 0 Å². The maximum Gasteiger partial charge on any atom is 0.223 e. The van der Waals surface area contributed by atoms with Crippen LogP contribution in [0.4, 0.5) is 11.5 Å². The predicted octanol–water partition coefficient (Wildman–Crippen LogP) is 2.47. The number of amides is 1. The average Bonchev–Trinajstić information content (AvgIpc) is 2.49. The maximum atomic E-state index is 12.0. The fourth-order valence-electron chi connectivity index (χ4n) is 2.76. The Kier molecular flexibility index (Phi) is 5.84. The molecule has 4 N–H and O–H groups in total. The largest absolute Gasteiger partial charge is 0.396 e. The Morgan fingerprint density at radius 1 is 1.33 bits per heavy atom. The molecule has 1 amide bonds. The number of carbonyl (C=O) groups is 1. The fraction of sp³-hybridized carbons (Fsp3) is 0.625. The van der Waals surface area contributed by atoms with Crippen LogP contribution < -0.4 is 16.4 Å². The summed E-state index contributed by atoms with van der Waals surface area (Å²) in [6.45, 7) is 3.42. The number of nitrogens with one attached hydrogen (secondary N) is 2. The van der Waals surface area contributed by atoms with Crippen LogP contribution in [0.1, 0.15) is 44.1 Å². The fourth-order valence-corrected chi connectivity index (χ4v) is 2.76. The van der Waals surface area contributed by atoms with Gasteiger partial charge < -0.3 is 16.4 Å². The quantitative estimate of drug-likeness (QED) is 0.703. The van der Waals surface area contributed by atoms with Gasteiger partial charge in [0.05, 0.1) is 5.69 Å². The molecule has 1 fully saturated rings. The number of anilines is 2. The lowest BCUT2D eigenvalue weighted by Gasteiger charge is -2.20. The summed E-state index contributed by atoms with van der Waals surface area (Å²) in [7, 11) is 0. The van der Waals surface area contributed by atoms with Crippen LogP contribution in [0.3, 0.4) is 0 Å². The molecular formula is C16H26N4O. The summed E-state index contributed by atoms with van der Waals surface area (Å²) >= 11 is 0. The summed E-state index contributed by atoms with van der Waals surface area (Å²) in [6.07, 6.45) is 8.42. The standard InChI is InChI=1S/C16H26N4O/c1-12-10-14(17)15(20-11-12)18-8-5-9-19-16(21)13-6-3-2-4-7-13/h10-11,13H,2-9,17H2,1H3,(H,18,20)(H,19,21). The topological polar surface area (TPSA) is 80.0 Å². The van der Waals surface area contributed by atoms with E-state index in [1.54, 1.807) is 6.20 Å². The van der Waals surface area contributed by atoms with E-state index in [0.717, 1.165) is 37.2 Å². The minimum atomic E-state index is 0.225. The van der Waals surface area contributed by atoms with Gasteiger partial charge in [0, 0.05) is 25.2 Å². The van der Waals surface area contributed by atoms with Crippen molar-refractivity contribution in [3.05, 3.63) is 17.8 Å². The van der Waals surface area contributed by atoms with Gasteiger partial charge >= 0.3 is 0 Å². The Labute approximate surface area is 126 Å². The molecule has 1 heterocycles. The first-order chi connectivity index (χ1) is 10.2. The lowest BCUT2D eigenvalue weighted by Crippen LogP contribution is -2.33. The second-order valence-electron chi connectivity index (χ2n) is 5.86. The molecule has 21 heavy (non-hydrogen) atoms. The molecule has 5 nitrogen and oxygen atoms in total. The Morgan fingerprint density at radius 2 is 2.10 bits per heavy atom. The highest BCUT2D eigenvalue weighted by molar-refractivity contribution is 5.78. The van der Waals surface area contributed by atoms with Gasteiger partial charge in [0.1, 0.15) is 5.82 Å². The van der Waals surface area contributed by atoms with E-state index in [4.69, 9.17) is 5.73 Å². The van der Waals surface area contributed by atoms with Gasteiger partial charge in [-0.25, -0.2) is 4.98 Å². The molecule has 0 bridgehead atoms. The molecule has 1 aliphatic rings. The highest BCUT2D eigenvalue weighted by Crippen LogP contribution is 2.23. The maximum absolute atomic E-state index is 12.0. The van der Waals surface area contributed by atoms with Crippen LogP contribution >= 0.6 is 0 Å². The van der Waals surface area contributed by atoms with Gasteiger partial charge in [0.25, 0.3) is 0 Å². The van der Waals surface area contributed by atoms with Crippen molar-refractivity contribution in [1.82, 2.24) is 10.3 Å². The number of nitrogens with two attached hydrogens (primary N) is 1. The van der Waals surface area contributed by atoms with E-state index in [1.807, 2.05) is 13.0 Å². The second-order valence-corrected chi connectivity index (χ2v) is 5.86. The number of rotatable bonds is 6. The molecule has 0 saturated heterocycles. The first-order valence-electron chi connectivity index (χ1n) is 7.90. The summed E-state index contributed by atoms with van der Waals surface area (Å²) in [4.78, 5) is 16.2. The number of nitrogens with zero attached hydrogens (tertiary/aromatic N) is 1. The summed E-state index contributed by atoms with van der Waals surface area (Å²) in [6, 6.07) is 1.90.